The number of carbonyl (C=O) groups is 1. The van der Waals surface area contributed by atoms with Crippen molar-refractivity contribution < 1.29 is 13.2 Å². The first kappa shape index (κ1) is 23.5. The average Bonchev–Trinajstić information content (AvgIpc) is 3.21. The number of amides is 1. The number of hydrogen-bond donors (Lipinski definition) is 2. The summed E-state index contributed by atoms with van der Waals surface area (Å²) in [5.74, 6) is -0.423. The van der Waals surface area contributed by atoms with Crippen molar-refractivity contribution in [2.75, 3.05) is 10.0 Å². The first-order chi connectivity index (χ1) is 16.2. The molecule has 0 bridgehead atoms. The first-order valence-corrected chi connectivity index (χ1v) is 12.7. The van der Waals surface area contributed by atoms with Crippen molar-refractivity contribution in [2.24, 2.45) is 7.05 Å². The highest BCUT2D eigenvalue weighted by molar-refractivity contribution is 7.99. The predicted octanol–water partition coefficient (Wildman–Crippen LogP) is 4.64. The summed E-state index contributed by atoms with van der Waals surface area (Å²) in [4.78, 5) is 14.1. The summed E-state index contributed by atoms with van der Waals surface area (Å²) in [5, 5.41) is 11.5. The molecule has 0 spiro atoms. The minimum Gasteiger partial charge on any atom is -0.322 e. The maximum absolute atomic E-state index is 13.0. The number of nitrogens with zero attached hydrogens (tertiary/aromatic N) is 3. The van der Waals surface area contributed by atoms with Crippen LogP contribution in [0.3, 0.4) is 0 Å². The Balaban J connectivity index is 1.51. The largest absolute Gasteiger partial charge is 0.322 e. The van der Waals surface area contributed by atoms with Crippen LogP contribution < -0.4 is 10.0 Å². The van der Waals surface area contributed by atoms with Crippen molar-refractivity contribution in [1.29, 1.82) is 0 Å². The summed E-state index contributed by atoms with van der Waals surface area (Å²) in [6, 6.07) is 19.0. The number of carbonyl (C=O) groups excluding carboxylic acids is 1. The van der Waals surface area contributed by atoms with Gasteiger partial charge in [0.25, 0.3) is 15.9 Å². The normalized spacial score (nSPS) is 11.3. The van der Waals surface area contributed by atoms with E-state index < -0.39 is 15.9 Å². The molecule has 0 saturated heterocycles. The van der Waals surface area contributed by atoms with E-state index in [-0.39, 0.29) is 16.1 Å². The Morgan fingerprint density at radius 3 is 2.44 bits per heavy atom. The van der Waals surface area contributed by atoms with Gasteiger partial charge in [0.2, 0.25) is 0 Å². The van der Waals surface area contributed by atoms with Gasteiger partial charge in [-0.25, -0.2) is 8.42 Å². The zero-order valence-electron chi connectivity index (χ0n) is 18.8. The minimum atomic E-state index is -3.88. The first-order valence-electron chi connectivity index (χ1n) is 10.4. The van der Waals surface area contributed by atoms with E-state index in [1.807, 2.05) is 36.7 Å². The van der Waals surface area contributed by atoms with Gasteiger partial charge in [0.15, 0.2) is 5.16 Å². The second kappa shape index (κ2) is 9.70. The van der Waals surface area contributed by atoms with E-state index in [1.54, 1.807) is 61.8 Å². The summed E-state index contributed by atoms with van der Waals surface area (Å²) >= 11 is 1.45. The van der Waals surface area contributed by atoms with Gasteiger partial charge in [-0.1, -0.05) is 24.3 Å². The third-order valence-corrected chi connectivity index (χ3v) is 7.61. The Morgan fingerprint density at radius 1 is 1.00 bits per heavy atom. The van der Waals surface area contributed by atoms with Crippen molar-refractivity contribution in [3.05, 3.63) is 89.7 Å². The van der Waals surface area contributed by atoms with Crippen molar-refractivity contribution in [2.45, 2.75) is 28.8 Å². The lowest BCUT2D eigenvalue weighted by Gasteiger charge is -2.14. The number of rotatable bonds is 7. The molecule has 2 N–H and O–H groups in total. The lowest BCUT2D eigenvalue weighted by Crippen LogP contribution is -2.19. The molecule has 1 aromatic heterocycles. The number of aryl methyl sites for hydroxylation is 3. The number of hydrogen-bond acceptors (Lipinski definition) is 6. The van der Waals surface area contributed by atoms with Crippen molar-refractivity contribution in [3.63, 3.8) is 0 Å². The molecule has 174 valence electrons. The van der Waals surface area contributed by atoms with E-state index in [4.69, 9.17) is 0 Å². The lowest BCUT2D eigenvalue weighted by atomic mass is 10.1. The van der Waals surface area contributed by atoms with E-state index in [2.05, 4.69) is 20.2 Å². The van der Waals surface area contributed by atoms with Gasteiger partial charge in [-0.3, -0.25) is 9.52 Å². The highest BCUT2D eigenvalue weighted by atomic mass is 32.2. The molecule has 0 atom stereocenters. The van der Waals surface area contributed by atoms with Gasteiger partial charge in [0, 0.05) is 17.6 Å². The molecular weight excluding hydrogens is 470 g/mol. The Bertz CT molecular complexity index is 1450. The van der Waals surface area contributed by atoms with Crippen LogP contribution >= 0.6 is 11.8 Å². The third kappa shape index (κ3) is 5.29. The molecule has 10 heteroatoms. The quantitative estimate of drug-likeness (QED) is 0.389. The van der Waals surface area contributed by atoms with Gasteiger partial charge in [0.05, 0.1) is 16.1 Å². The van der Waals surface area contributed by atoms with Crippen LogP contribution in [0, 0.1) is 13.8 Å². The van der Waals surface area contributed by atoms with Crippen molar-refractivity contribution in [3.8, 4) is 0 Å². The van der Waals surface area contributed by atoms with Gasteiger partial charge in [-0.05, 0) is 79.2 Å². The molecule has 0 fully saturated rings. The molecule has 0 radical (unpaired) electrons. The number of aromatic nitrogens is 3. The van der Waals surface area contributed by atoms with Gasteiger partial charge in [-0.2, -0.15) is 0 Å². The molecule has 8 nitrogen and oxygen atoms in total. The molecule has 1 heterocycles. The Labute approximate surface area is 202 Å². The summed E-state index contributed by atoms with van der Waals surface area (Å²) in [5.41, 5.74) is 2.46. The molecule has 0 aliphatic heterocycles. The molecule has 4 aromatic rings. The van der Waals surface area contributed by atoms with Crippen LogP contribution in [0.25, 0.3) is 0 Å². The molecule has 0 saturated carbocycles. The van der Waals surface area contributed by atoms with Crippen LogP contribution in [0.5, 0.6) is 0 Å². The van der Waals surface area contributed by atoms with Crippen molar-refractivity contribution >= 4 is 39.1 Å². The molecule has 0 unspecified atom stereocenters. The maximum atomic E-state index is 13.0. The average molecular weight is 494 g/mol. The second-order valence-corrected chi connectivity index (χ2v) is 10.4. The molecule has 0 aliphatic rings. The summed E-state index contributed by atoms with van der Waals surface area (Å²) < 4.78 is 30.5. The maximum Gasteiger partial charge on any atom is 0.262 e. The molecule has 0 aliphatic carbocycles. The van der Waals surface area contributed by atoms with Crippen LogP contribution in [-0.4, -0.2) is 29.1 Å². The Morgan fingerprint density at radius 2 is 1.74 bits per heavy atom. The SMILES string of the molecule is Cc1ccc(C)c(S(=O)(=O)Nc2ccccc2C(=O)Nc2ccc(Sc3nncn3C)cc2)c1. The number of sulfonamides is 1. The standard InChI is InChI=1S/C24H23N5O3S2/c1-16-8-9-17(2)22(14-16)34(31,32)28-21-7-5-4-6-20(21)23(30)26-18-10-12-19(13-11-18)33-24-27-25-15-29(24)3/h4-15,28H,1-3H3,(H,26,30). The highest BCUT2D eigenvalue weighted by Crippen LogP contribution is 2.27. The lowest BCUT2D eigenvalue weighted by molar-refractivity contribution is 0.102. The van der Waals surface area contributed by atoms with Gasteiger partial charge in [0.1, 0.15) is 6.33 Å². The number of benzene rings is 3. The number of para-hydroxylation sites is 1. The monoisotopic (exact) mass is 493 g/mol. The van der Waals surface area contributed by atoms with E-state index in [1.165, 1.54) is 11.8 Å². The second-order valence-electron chi connectivity index (χ2n) is 7.73. The Kier molecular flexibility index (Phi) is 6.71. The number of anilines is 2. The van der Waals surface area contributed by atoms with Crippen LogP contribution in [-0.2, 0) is 17.1 Å². The zero-order chi connectivity index (χ0) is 24.3. The summed E-state index contributed by atoms with van der Waals surface area (Å²) in [6.45, 7) is 3.57. The van der Waals surface area contributed by atoms with Crippen molar-refractivity contribution in [1.82, 2.24) is 14.8 Å². The summed E-state index contributed by atoms with van der Waals surface area (Å²) in [6.07, 6.45) is 1.63. The Hall–Kier alpha value is -3.63. The molecule has 3 aromatic carbocycles. The summed E-state index contributed by atoms with van der Waals surface area (Å²) in [7, 11) is -2.01. The van der Waals surface area contributed by atoms with Gasteiger partial charge < -0.3 is 9.88 Å². The predicted molar refractivity (Wildman–Crippen MR) is 133 cm³/mol. The van der Waals surface area contributed by atoms with Crippen LogP contribution in [0.15, 0.2) is 88.0 Å². The molecular formula is C24H23N5O3S2. The van der Waals surface area contributed by atoms with Crippen LogP contribution in [0.4, 0.5) is 11.4 Å². The highest BCUT2D eigenvalue weighted by Gasteiger charge is 2.20. The minimum absolute atomic E-state index is 0.179. The fourth-order valence-electron chi connectivity index (χ4n) is 3.24. The van der Waals surface area contributed by atoms with Gasteiger partial charge in [-0.15, -0.1) is 10.2 Å². The fraction of sp³-hybridized carbons (Fsp3) is 0.125. The zero-order valence-corrected chi connectivity index (χ0v) is 20.4. The van der Waals surface area contributed by atoms with Gasteiger partial charge >= 0.3 is 0 Å². The van der Waals surface area contributed by atoms with Crippen LogP contribution in [0.2, 0.25) is 0 Å². The van der Waals surface area contributed by atoms with Crippen LogP contribution in [0.1, 0.15) is 21.5 Å². The third-order valence-electron chi connectivity index (χ3n) is 5.04. The topological polar surface area (TPSA) is 106 Å². The van der Waals surface area contributed by atoms with E-state index in [0.717, 1.165) is 15.6 Å². The smallest absolute Gasteiger partial charge is 0.262 e. The van der Waals surface area contributed by atoms with E-state index in [9.17, 15) is 13.2 Å². The van der Waals surface area contributed by atoms with E-state index in [0.29, 0.717) is 11.3 Å². The number of nitrogens with one attached hydrogen (secondary N) is 2. The van der Waals surface area contributed by atoms with E-state index >= 15 is 0 Å². The molecule has 4 rings (SSSR count). The molecule has 1 amide bonds. The fourth-order valence-corrected chi connectivity index (χ4v) is 5.41. The molecule has 34 heavy (non-hydrogen) atoms.